The second-order valence-corrected chi connectivity index (χ2v) is 10.7. The average molecular weight is 574 g/mol. The summed E-state index contributed by atoms with van der Waals surface area (Å²) in [6.07, 6.45) is 2.22. The average Bonchev–Trinajstić information content (AvgIpc) is 3.44. The van der Waals surface area contributed by atoms with Crippen molar-refractivity contribution in [3.8, 4) is 11.4 Å². The van der Waals surface area contributed by atoms with E-state index in [1.165, 1.54) is 0 Å². The molecular formula is C31H32ClN5O2S. The van der Waals surface area contributed by atoms with Crippen LogP contribution in [0.15, 0.2) is 66.9 Å². The maximum Gasteiger partial charge on any atom is 0.224 e. The molecule has 40 heavy (non-hydrogen) atoms. The minimum Gasteiger partial charge on any atom is -0.495 e. The molecule has 7 nitrogen and oxygen atoms in total. The molecule has 0 bridgehead atoms. The van der Waals surface area contributed by atoms with Crippen LogP contribution in [0.25, 0.3) is 5.69 Å². The van der Waals surface area contributed by atoms with Crippen LogP contribution in [0.5, 0.6) is 5.75 Å². The van der Waals surface area contributed by atoms with Crippen molar-refractivity contribution in [2.45, 2.75) is 46.2 Å². The van der Waals surface area contributed by atoms with Gasteiger partial charge in [-0.15, -0.1) is 0 Å². The number of methoxy groups -OCH3 is 1. The summed E-state index contributed by atoms with van der Waals surface area (Å²) in [7, 11) is 1.66. The van der Waals surface area contributed by atoms with Crippen molar-refractivity contribution in [3.05, 3.63) is 100 Å². The van der Waals surface area contributed by atoms with Crippen LogP contribution in [0.1, 0.15) is 53.6 Å². The van der Waals surface area contributed by atoms with Crippen LogP contribution in [0.3, 0.4) is 0 Å². The van der Waals surface area contributed by atoms with E-state index in [-0.39, 0.29) is 18.0 Å². The molecule has 2 N–H and O–H groups in total. The highest BCUT2D eigenvalue weighted by Crippen LogP contribution is 2.45. The number of amides is 1. The summed E-state index contributed by atoms with van der Waals surface area (Å²) in [5.41, 5.74) is 7.63. The summed E-state index contributed by atoms with van der Waals surface area (Å²) < 4.78 is 7.86. The van der Waals surface area contributed by atoms with Crippen molar-refractivity contribution < 1.29 is 9.53 Å². The summed E-state index contributed by atoms with van der Waals surface area (Å²) in [5, 5.41) is 7.76. The van der Waals surface area contributed by atoms with E-state index in [1.54, 1.807) is 13.3 Å². The van der Waals surface area contributed by atoms with Crippen molar-refractivity contribution in [1.82, 2.24) is 14.9 Å². The molecule has 1 saturated heterocycles. The molecule has 1 aliphatic rings. The van der Waals surface area contributed by atoms with Crippen LogP contribution < -0.4 is 20.3 Å². The van der Waals surface area contributed by atoms with Gasteiger partial charge in [0.2, 0.25) is 5.91 Å². The van der Waals surface area contributed by atoms with Gasteiger partial charge < -0.3 is 24.8 Å². The molecule has 0 spiro atoms. The topological polar surface area (TPSA) is 71.4 Å². The number of pyridine rings is 1. The number of carbonyl (C=O) groups is 1. The Morgan fingerprint density at radius 3 is 2.60 bits per heavy atom. The van der Waals surface area contributed by atoms with Gasteiger partial charge in [0.05, 0.1) is 30.6 Å². The van der Waals surface area contributed by atoms with Gasteiger partial charge in [-0.05, 0) is 98.7 Å². The summed E-state index contributed by atoms with van der Waals surface area (Å²) >= 11 is 12.4. The smallest absolute Gasteiger partial charge is 0.224 e. The van der Waals surface area contributed by atoms with E-state index in [9.17, 15) is 4.79 Å². The van der Waals surface area contributed by atoms with E-state index in [0.717, 1.165) is 51.0 Å². The first kappa shape index (κ1) is 27.7. The lowest BCUT2D eigenvalue weighted by molar-refractivity contribution is -0.115. The third-order valence-electron chi connectivity index (χ3n) is 7.35. The fourth-order valence-electron chi connectivity index (χ4n) is 5.42. The van der Waals surface area contributed by atoms with Crippen molar-refractivity contribution >= 4 is 46.2 Å². The number of rotatable bonds is 7. The van der Waals surface area contributed by atoms with Gasteiger partial charge in [-0.2, -0.15) is 0 Å². The van der Waals surface area contributed by atoms with Gasteiger partial charge in [0, 0.05) is 40.4 Å². The minimum atomic E-state index is -0.192. The lowest BCUT2D eigenvalue weighted by Gasteiger charge is -2.29. The number of carbonyl (C=O) groups excluding carboxylic acids is 1. The Bertz CT molecular complexity index is 1590. The highest BCUT2D eigenvalue weighted by atomic mass is 35.5. The van der Waals surface area contributed by atoms with E-state index in [2.05, 4.69) is 51.1 Å². The Morgan fingerprint density at radius 2 is 1.93 bits per heavy atom. The maximum absolute atomic E-state index is 12.0. The van der Waals surface area contributed by atoms with Crippen LogP contribution in [0.2, 0.25) is 5.02 Å². The summed E-state index contributed by atoms with van der Waals surface area (Å²) in [5.74, 6) is 0.711. The first-order valence-corrected chi connectivity index (χ1v) is 14.0. The van der Waals surface area contributed by atoms with E-state index in [4.69, 9.17) is 28.6 Å². The molecule has 206 valence electrons. The number of anilines is 2. The number of hydrogen-bond acceptors (Lipinski definition) is 4. The Balaban J connectivity index is 1.66. The number of ether oxygens (including phenoxy) is 1. The van der Waals surface area contributed by atoms with Crippen molar-refractivity contribution in [2.24, 2.45) is 0 Å². The van der Waals surface area contributed by atoms with E-state index < -0.39 is 0 Å². The molecule has 9 heteroatoms. The number of hydrogen-bond donors (Lipinski definition) is 2. The number of aromatic nitrogens is 2. The van der Waals surface area contributed by atoms with Crippen molar-refractivity contribution in [2.75, 3.05) is 17.3 Å². The molecule has 0 radical (unpaired) electrons. The third kappa shape index (κ3) is 5.05. The lowest BCUT2D eigenvalue weighted by atomic mass is 9.96. The van der Waals surface area contributed by atoms with Crippen LogP contribution in [0, 0.1) is 20.8 Å². The maximum atomic E-state index is 12.0. The quantitative estimate of drug-likeness (QED) is 0.232. The molecule has 1 amide bonds. The van der Waals surface area contributed by atoms with Gasteiger partial charge in [-0.1, -0.05) is 24.6 Å². The summed E-state index contributed by atoms with van der Waals surface area (Å²) in [6.45, 7) is 8.01. The SMILES string of the molecule is CCC(=O)Nc1ccc(N2C(=S)N[C@H](c3ccccn3)[C@H]2c2cc(C)n(-c3cc(Cl)ccc3OC)c2C)cc1C. The number of halogens is 1. The predicted octanol–water partition coefficient (Wildman–Crippen LogP) is 6.99. The highest BCUT2D eigenvalue weighted by Gasteiger charge is 2.42. The molecule has 2 aromatic heterocycles. The van der Waals surface area contributed by atoms with Crippen molar-refractivity contribution in [1.29, 1.82) is 0 Å². The Labute approximate surface area is 245 Å². The number of aryl methyl sites for hydroxylation is 2. The Hall–Kier alpha value is -3.88. The van der Waals surface area contributed by atoms with Crippen LogP contribution >= 0.6 is 23.8 Å². The molecule has 4 aromatic rings. The molecule has 5 rings (SSSR count). The molecule has 0 unspecified atom stereocenters. The van der Waals surface area contributed by atoms with E-state index in [1.807, 2.05) is 62.4 Å². The van der Waals surface area contributed by atoms with Gasteiger partial charge in [0.15, 0.2) is 5.11 Å². The number of thiocarbonyl (C=S) groups is 1. The molecule has 0 aliphatic carbocycles. The molecular weight excluding hydrogens is 542 g/mol. The molecule has 2 aromatic carbocycles. The summed E-state index contributed by atoms with van der Waals surface area (Å²) in [4.78, 5) is 18.9. The lowest BCUT2D eigenvalue weighted by Crippen LogP contribution is -2.29. The number of benzene rings is 2. The summed E-state index contributed by atoms with van der Waals surface area (Å²) in [6, 6.07) is 19.4. The zero-order chi connectivity index (χ0) is 28.6. The molecule has 0 saturated carbocycles. The second kappa shape index (κ2) is 11.3. The standard InChI is InChI=1S/C31H32ClN5O2S/c1-6-28(38)34-24-12-11-22(15-18(24)2)37-30(29(35-31(37)40)25-9-7-8-14-33-25)23-16-19(3)36(20(23)4)26-17-21(32)10-13-27(26)39-5/h7-17,29-30H,6H2,1-5H3,(H,34,38)(H,35,40)/t29-,30-/m1/s1. The van der Waals surface area contributed by atoms with Gasteiger partial charge in [0.25, 0.3) is 0 Å². The van der Waals surface area contributed by atoms with Crippen LogP contribution in [-0.4, -0.2) is 27.7 Å². The molecule has 3 heterocycles. The number of nitrogens with one attached hydrogen (secondary N) is 2. The molecule has 1 fully saturated rings. The zero-order valence-corrected chi connectivity index (χ0v) is 24.7. The van der Waals surface area contributed by atoms with Crippen LogP contribution in [0.4, 0.5) is 11.4 Å². The Kier molecular flexibility index (Phi) is 7.83. The Morgan fingerprint density at radius 1 is 1.12 bits per heavy atom. The molecule has 1 aliphatic heterocycles. The van der Waals surface area contributed by atoms with Gasteiger partial charge in [-0.3, -0.25) is 9.78 Å². The molecule has 2 atom stereocenters. The van der Waals surface area contributed by atoms with Gasteiger partial charge in [0.1, 0.15) is 5.75 Å². The van der Waals surface area contributed by atoms with E-state index in [0.29, 0.717) is 16.6 Å². The van der Waals surface area contributed by atoms with E-state index >= 15 is 0 Å². The predicted molar refractivity (Wildman–Crippen MR) is 165 cm³/mol. The largest absolute Gasteiger partial charge is 0.495 e. The minimum absolute atomic E-state index is 0.0221. The van der Waals surface area contributed by atoms with Crippen molar-refractivity contribution in [3.63, 3.8) is 0 Å². The highest BCUT2D eigenvalue weighted by molar-refractivity contribution is 7.80. The fourth-order valence-corrected chi connectivity index (χ4v) is 5.93. The normalized spacial score (nSPS) is 16.6. The third-order valence-corrected chi connectivity index (χ3v) is 7.90. The first-order chi connectivity index (χ1) is 19.2. The fraction of sp³-hybridized carbons (Fsp3) is 0.258. The second-order valence-electron chi connectivity index (χ2n) is 9.88. The first-order valence-electron chi connectivity index (χ1n) is 13.2. The number of nitrogens with zero attached hydrogens (tertiary/aromatic N) is 3. The van der Waals surface area contributed by atoms with Gasteiger partial charge in [-0.25, -0.2) is 0 Å². The monoisotopic (exact) mass is 573 g/mol. The van der Waals surface area contributed by atoms with Gasteiger partial charge >= 0.3 is 0 Å². The zero-order valence-electron chi connectivity index (χ0n) is 23.2. The van der Waals surface area contributed by atoms with Crippen LogP contribution in [-0.2, 0) is 4.79 Å².